The van der Waals surface area contributed by atoms with Gasteiger partial charge in [0.1, 0.15) is 11.7 Å². The minimum Gasteiger partial charge on any atom is -0.472 e. The van der Waals surface area contributed by atoms with Crippen molar-refractivity contribution in [1.29, 1.82) is 0 Å². The van der Waals surface area contributed by atoms with E-state index in [1.165, 1.54) is 19.3 Å². The average molecular weight is 485 g/mol. The number of hydrogen-bond acceptors (Lipinski definition) is 5. The normalized spacial score (nSPS) is 21.5. The Hall–Kier alpha value is -2.79. The predicted molar refractivity (Wildman–Crippen MR) is 135 cm³/mol. The van der Waals surface area contributed by atoms with E-state index < -0.39 is 0 Å². The summed E-state index contributed by atoms with van der Waals surface area (Å²) in [4.78, 5) is 33.7. The van der Waals surface area contributed by atoms with Crippen molar-refractivity contribution in [1.82, 2.24) is 20.1 Å². The molecule has 1 aliphatic heterocycles. The van der Waals surface area contributed by atoms with Crippen molar-refractivity contribution in [3.05, 3.63) is 23.4 Å². The first-order valence-corrected chi connectivity index (χ1v) is 12.9. The second kappa shape index (κ2) is 12.8. The Kier molecular flexibility index (Phi) is 9.79. The van der Waals surface area contributed by atoms with Crippen molar-refractivity contribution in [2.24, 2.45) is 11.8 Å². The molecule has 192 valence electrons. The van der Waals surface area contributed by atoms with Gasteiger partial charge in [-0.1, -0.05) is 45.0 Å². The Balaban J connectivity index is 1.89. The van der Waals surface area contributed by atoms with Crippen molar-refractivity contribution < 1.29 is 19.4 Å². The number of aliphatic hydroxyl groups excluding tert-OH is 1. The minimum absolute atomic E-state index is 0.0879. The van der Waals surface area contributed by atoms with Crippen molar-refractivity contribution in [3.63, 3.8) is 0 Å². The maximum atomic E-state index is 13.5. The number of fused-ring (bicyclic) bond motifs is 1. The molecule has 0 radical (unpaired) electrons. The van der Waals surface area contributed by atoms with Gasteiger partial charge in [0.05, 0.1) is 19.2 Å². The highest BCUT2D eigenvalue weighted by Crippen LogP contribution is 2.28. The minimum atomic E-state index is -0.376. The van der Waals surface area contributed by atoms with Gasteiger partial charge in [-0.3, -0.25) is 4.79 Å². The van der Waals surface area contributed by atoms with Crippen LogP contribution >= 0.6 is 0 Å². The van der Waals surface area contributed by atoms with Gasteiger partial charge >= 0.3 is 6.03 Å². The Morgan fingerprint density at radius 2 is 2.11 bits per heavy atom. The van der Waals surface area contributed by atoms with E-state index >= 15 is 0 Å². The van der Waals surface area contributed by atoms with Crippen LogP contribution in [0.2, 0.25) is 0 Å². The Morgan fingerprint density at radius 1 is 1.37 bits per heavy atom. The number of hydrogen-bond donors (Lipinski definition) is 2. The van der Waals surface area contributed by atoms with Gasteiger partial charge in [-0.15, -0.1) is 0 Å². The Morgan fingerprint density at radius 3 is 2.80 bits per heavy atom. The van der Waals surface area contributed by atoms with Crippen LogP contribution in [0.5, 0.6) is 5.88 Å². The lowest BCUT2D eigenvalue weighted by atomic mass is 9.90. The van der Waals surface area contributed by atoms with Gasteiger partial charge < -0.3 is 25.0 Å². The summed E-state index contributed by atoms with van der Waals surface area (Å²) < 4.78 is 6.27. The van der Waals surface area contributed by atoms with Crippen LogP contribution in [0.15, 0.2) is 12.3 Å². The molecule has 3 rings (SSSR count). The van der Waals surface area contributed by atoms with Crippen LogP contribution in [0.4, 0.5) is 4.79 Å². The van der Waals surface area contributed by atoms with E-state index in [1.54, 1.807) is 29.1 Å². The van der Waals surface area contributed by atoms with E-state index in [0.717, 1.165) is 19.3 Å². The molecule has 1 saturated carbocycles. The van der Waals surface area contributed by atoms with Crippen molar-refractivity contribution >= 4 is 11.9 Å². The van der Waals surface area contributed by atoms with Gasteiger partial charge in [0.15, 0.2) is 0 Å². The molecule has 0 saturated heterocycles. The molecule has 1 aromatic heterocycles. The standard InChI is InChI=1S/C27H40N4O4/c1-5-13-28-27(34)30(4)17-24-19(2)16-31(20(3)18-32)26(33)23-14-22(15-29-25(23)35-24)12-11-21-9-7-6-8-10-21/h14-15,19-21,24,32H,5-10,13,16-18H2,1-4H3,(H,28,34)/t19-,20-,24-/m1/s1. The molecule has 2 heterocycles. The topological polar surface area (TPSA) is 95.0 Å². The number of nitrogens with one attached hydrogen (secondary N) is 1. The van der Waals surface area contributed by atoms with Gasteiger partial charge in [-0.05, 0) is 32.3 Å². The van der Waals surface area contributed by atoms with Crippen LogP contribution < -0.4 is 10.1 Å². The zero-order valence-corrected chi connectivity index (χ0v) is 21.5. The number of aliphatic hydroxyl groups is 1. The number of carbonyl (C=O) groups excluding carboxylic acids is 2. The number of likely N-dealkylation sites (N-methyl/N-ethyl adjacent to an activating group) is 1. The number of amides is 3. The SMILES string of the molecule is CCCNC(=O)N(C)C[C@H]1Oc2ncc(C#CC3CCCCC3)cc2C(=O)N([C@H](C)CO)C[C@H]1C. The third kappa shape index (κ3) is 7.11. The summed E-state index contributed by atoms with van der Waals surface area (Å²) in [5.74, 6) is 6.89. The van der Waals surface area contributed by atoms with Gasteiger partial charge in [-0.25, -0.2) is 9.78 Å². The van der Waals surface area contributed by atoms with E-state index in [2.05, 4.69) is 22.1 Å². The summed E-state index contributed by atoms with van der Waals surface area (Å²) in [5.41, 5.74) is 1.03. The highest BCUT2D eigenvalue weighted by molar-refractivity contribution is 5.97. The molecule has 35 heavy (non-hydrogen) atoms. The summed E-state index contributed by atoms with van der Waals surface area (Å²) in [6.07, 6.45) is 8.08. The third-order valence-electron chi connectivity index (χ3n) is 6.87. The Labute approximate surface area is 209 Å². The largest absolute Gasteiger partial charge is 0.472 e. The molecule has 0 spiro atoms. The molecule has 2 aliphatic rings. The van der Waals surface area contributed by atoms with Crippen LogP contribution in [0.25, 0.3) is 0 Å². The second-order valence-electron chi connectivity index (χ2n) is 9.92. The quantitative estimate of drug-likeness (QED) is 0.605. The van der Waals surface area contributed by atoms with Crippen LogP contribution in [0.1, 0.15) is 75.2 Å². The Bertz CT molecular complexity index is 935. The summed E-state index contributed by atoms with van der Waals surface area (Å²) >= 11 is 0. The number of urea groups is 1. The molecule has 0 aromatic carbocycles. The molecule has 3 amide bonds. The molecular formula is C27H40N4O4. The van der Waals surface area contributed by atoms with Crippen molar-refractivity contribution in [3.8, 4) is 17.7 Å². The van der Waals surface area contributed by atoms with Crippen LogP contribution in [0, 0.1) is 23.7 Å². The number of ether oxygens (including phenoxy) is 1. The van der Waals surface area contributed by atoms with Gasteiger partial charge in [0.2, 0.25) is 5.88 Å². The highest BCUT2D eigenvalue weighted by atomic mass is 16.5. The molecule has 8 nitrogen and oxygen atoms in total. The molecule has 3 atom stereocenters. The van der Waals surface area contributed by atoms with Crippen LogP contribution in [-0.4, -0.2) is 77.3 Å². The van der Waals surface area contributed by atoms with E-state index in [-0.39, 0.29) is 42.5 Å². The lowest BCUT2D eigenvalue weighted by Crippen LogP contribution is -2.51. The van der Waals surface area contributed by atoms with Crippen LogP contribution in [-0.2, 0) is 0 Å². The highest BCUT2D eigenvalue weighted by Gasteiger charge is 2.34. The summed E-state index contributed by atoms with van der Waals surface area (Å²) in [6, 6.07) is 1.23. The molecule has 0 unspecified atom stereocenters. The molecule has 1 fully saturated rings. The van der Waals surface area contributed by atoms with Crippen LogP contribution in [0.3, 0.4) is 0 Å². The fourth-order valence-electron chi connectivity index (χ4n) is 4.54. The lowest BCUT2D eigenvalue weighted by Gasteiger charge is -2.37. The lowest BCUT2D eigenvalue weighted by molar-refractivity contribution is 0.0352. The number of rotatable bonds is 6. The first kappa shape index (κ1) is 26.8. The predicted octanol–water partition coefficient (Wildman–Crippen LogP) is 3.28. The fourth-order valence-corrected chi connectivity index (χ4v) is 4.54. The summed E-state index contributed by atoms with van der Waals surface area (Å²) in [7, 11) is 1.73. The molecule has 1 aliphatic carbocycles. The smallest absolute Gasteiger partial charge is 0.317 e. The number of carbonyl (C=O) groups is 2. The third-order valence-corrected chi connectivity index (χ3v) is 6.87. The zero-order chi connectivity index (χ0) is 25.4. The molecule has 8 heteroatoms. The molecular weight excluding hydrogens is 444 g/mol. The van der Waals surface area contributed by atoms with E-state index in [4.69, 9.17) is 4.74 Å². The van der Waals surface area contributed by atoms with Gasteiger partial charge in [0, 0.05) is 43.7 Å². The zero-order valence-electron chi connectivity index (χ0n) is 21.5. The van der Waals surface area contributed by atoms with E-state index in [0.29, 0.717) is 36.7 Å². The maximum Gasteiger partial charge on any atom is 0.317 e. The maximum absolute atomic E-state index is 13.5. The summed E-state index contributed by atoms with van der Waals surface area (Å²) in [6.45, 7) is 7.02. The molecule has 2 N–H and O–H groups in total. The summed E-state index contributed by atoms with van der Waals surface area (Å²) in [5, 5.41) is 12.7. The number of aromatic nitrogens is 1. The van der Waals surface area contributed by atoms with Gasteiger partial charge in [0.25, 0.3) is 5.91 Å². The first-order chi connectivity index (χ1) is 16.8. The van der Waals surface area contributed by atoms with E-state index in [9.17, 15) is 14.7 Å². The monoisotopic (exact) mass is 484 g/mol. The fraction of sp³-hybridized carbons (Fsp3) is 0.667. The first-order valence-electron chi connectivity index (χ1n) is 12.9. The molecule has 0 bridgehead atoms. The number of pyridine rings is 1. The van der Waals surface area contributed by atoms with E-state index in [1.807, 2.05) is 20.8 Å². The van der Waals surface area contributed by atoms with Gasteiger partial charge in [-0.2, -0.15) is 0 Å². The van der Waals surface area contributed by atoms with Crippen molar-refractivity contribution in [2.75, 3.05) is 33.3 Å². The molecule has 1 aromatic rings. The average Bonchev–Trinajstić information content (AvgIpc) is 2.88. The second-order valence-corrected chi connectivity index (χ2v) is 9.92. The number of nitrogens with zero attached hydrogens (tertiary/aromatic N) is 3. The van der Waals surface area contributed by atoms with Crippen molar-refractivity contribution in [2.45, 2.75) is 71.4 Å².